The van der Waals surface area contributed by atoms with E-state index in [0.29, 0.717) is 5.56 Å². The van der Waals surface area contributed by atoms with Crippen molar-refractivity contribution in [1.82, 2.24) is 4.98 Å². The summed E-state index contributed by atoms with van der Waals surface area (Å²) >= 11 is 6.01. The summed E-state index contributed by atoms with van der Waals surface area (Å²) in [6.45, 7) is 4.96. The number of carbonyl (C=O) groups excluding carboxylic acids is 1. The summed E-state index contributed by atoms with van der Waals surface area (Å²) in [6.07, 6.45) is 0.718. The first kappa shape index (κ1) is 14.5. The maximum atomic E-state index is 10.8. The highest BCUT2D eigenvalue weighted by Crippen LogP contribution is 2.21. The second-order valence-corrected chi connectivity index (χ2v) is 5.23. The molecule has 0 aliphatic heterocycles. The lowest BCUT2D eigenvalue weighted by atomic mass is 10.2. The molecule has 0 aliphatic rings. The maximum Gasteiger partial charge on any atom is 0.153 e. The normalized spacial score (nSPS) is 10.6. The fraction of sp³-hybridized carbons (Fsp3) is 0.250. The average molecular weight is 289 g/mol. The predicted octanol–water partition coefficient (Wildman–Crippen LogP) is 3.96. The van der Waals surface area contributed by atoms with Gasteiger partial charge in [-0.1, -0.05) is 41.9 Å². The van der Waals surface area contributed by atoms with Crippen LogP contribution in [0.3, 0.4) is 0 Å². The number of halogens is 1. The number of nitrogens with zero attached hydrogens (tertiary/aromatic N) is 2. The van der Waals surface area contributed by atoms with Crippen LogP contribution in [0.15, 0.2) is 42.5 Å². The topological polar surface area (TPSA) is 33.2 Å². The zero-order chi connectivity index (χ0) is 14.5. The average Bonchev–Trinajstić information content (AvgIpc) is 2.45. The molecule has 1 heterocycles. The smallest absolute Gasteiger partial charge is 0.153 e. The molecule has 0 atom stereocenters. The van der Waals surface area contributed by atoms with E-state index in [-0.39, 0.29) is 11.2 Å². The van der Waals surface area contributed by atoms with Crippen LogP contribution in [0.4, 0.5) is 5.82 Å². The number of benzene rings is 1. The molecule has 0 radical (unpaired) electrons. The minimum atomic E-state index is 0.246. The lowest BCUT2D eigenvalue weighted by Gasteiger charge is -2.28. The lowest BCUT2D eigenvalue weighted by molar-refractivity contribution is 0.112. The van der Waals surface area contributed by atoms with Gasteiger partial charge < -0.3 is 4.90 Å². The highest BCUT2D eigenvalue weighted by molar-refractivity contribution is 6.31. The van der Waals surface area contributed by atoms with Crippen LogP contribution in [-0.4, -0.2) is 17.3 Å². The monoisotopic (exact) mass is 288 g/mol. The summed E-state index contributed by atoms with van der Waals surface area (Å²) < 4.78 is 0. The van der Waals surface area contributed by atoms with Gasteiger partial charge in [-0.3, -0.25) is 4.79 Å². The van der Waals surface area contributed by atoms with Gasteiger partial charge in [0.25, 0.3) is 0 Å². The quantitative estimate of drug-likeness (QED) is 0.617. The van der Waals surface area contributed by atoms with E-state index >= 15 is 0 Å². The van der Waals surface area contributed by atoms with E-state index in [9.17, 15) is 4.79 Å². The van der Waals surface area contributed by atoms with Crippen molar-refractivity contribution in [2.24, 2.45) is 0 Å². The van der Waals surface area contributed by atoms with Crippen LogP contribution in [0.5, 0.6) is 0 Å². The summed E-state index contributed by atoms with van der Waals surface area (Å²) in [5.41, 5.74) is 1.62. The number of pyridine rings is 1. The predicted molar refractivity (Wildman–Crippen MR) is 82.4 cm³/mol. The maximum absolute atomic E-state index is 10.8. The van der Waals surface area contributed by atoms with Gasteiger partial charge in [0.05, 0.1) is 5.56 Å². The van der Waals surface area contributed by atoms with Crippen LogP contribution in [0.2, 0.25) is 5.15 Å². The van der Waals surface area contributed by atoms with E-state index in [1.165, 1.54) is 5.56 Å². The Balaban J connectivity index is 2.29. The zero-order valence-electron chi connectivity index (χ0n) is 11.6. The van der Waals surface area contributed by atoms with Gasteiger partial charge in [-0.25, -0.2) is 4.98 Å². The van der Waals surface area contributed by atoms with Gasteiger partial charge in [-0.05, 0) is 31.5 Å². The molecule has 0 saturated heterocycles. The van der Waals surface area contributed by atoms with Gasteiger partial charge in [0.1, 0.15) is 11.0 Å². The molecular formula is C16H17ClN2O. The van der Waals surface area contributed by atoms with Gasteiger partial charge in [0.2, 0.25) is 0 Å². The summed E-state index contributed by atoms with van der Waals surface area (Å²) in [6, 6.07) is 14.0. The molecule has 0 saturated carbocycles. The standard InChI is InChI=1S/C16H17ClN2O/c1-12(2)19(10-13-6-4-3-5-7-13)15-9-8-14(11-20)16(17)18-15/h3-9,11-12H,10H2,1-2H3. The highest BCUT2D eigenvalue weighted by atomic mass is 35.5. The third kappa shape index (κ3) is 3.36. The molecule has 0 amide bonds. The molecule has 4 heteroatoms. The van der Waals surface area contributed by atoms with E-state index in [4.69, 9.17) is 11.6 Å². The van der Waals surface area contributed by atoms with Crippen molar-refractivity contribution in [2.45, 2.75) is 26.4 Å². The third-order valence-electron chi connectivity index (χ3n) is 3.10. The number of hydrogen-bond donors (Lipinski definition) is 0. The Hall–Kier alpha value is -1.87. The molecule has 2 rings (SSSR count). The number of anilines is 1. The number of aromatic nitrogens is 1. The SMILES string of the molecule is CC(C)N(Cc1ccccc1)c1ccc(C=O)c(Cl)n1. The first-order valence-electron chi connectivity index (χ1n) is 6.54. The van der Waals surface area contributed by atoms with Gasteiger partial charge in [-0.2, -0.15) is 0 Å². The Bertz CT molecular complexity index is 584. The van der Waals surface area contributed by atoms with Crippen molar-refractivity contribution in [1.29, 1.82) is 0 Å². The Morgan fingerprint density at radius 3 is 2.45 bits per heavy atom. The second-order valence-electron chi connectivity index (χ2n) is 4.87. The Morgan fingerprint density at radius 2 is 1.90 bits per heavy atom. The Labute approximate surface area is 124 Å². The fourth-order valence-corrected chi connectivity index (χ4v) is 2.19. The first-order valence-corrected chi connectivity index (χ1v) is 6.92. The fourth-order valence-electron chi connectivity index (χ4n) is 1.99. The van der Waals surface area contributed by atoms with Crippen molar-refractivity contribution in [3.05, 3.63) is 58.7 Å². The van der Waals surface area contributed by atoms with E-state index in [2.05, 4.69) is 35.9 Å². The number of carbonyl (C=O) groups is 1. The number of aldehydes is 1. The summed E-state index contributed by atoms with van der Waals surface area (Å²) in [4.78, 5) is 17.3. The largest absolute Gasteiger partial charge is 0.350 e. The molecule has 0 aliphatic carbocycles. The molecule has 0 spiro atoms. The van der Waals surface area contributed by atoms with E-state index in [0.717, 1.165) is 18.6 Å². The molecule has 0 fully saturated rings. The zero-order valence-corrected chi connectivity index (χ0v) is 12.3. The first-order chi connectivity index (χ1) is 9.61. The van der Waals surface area contributed by atoms with E-state index in [1.807, 2.05) is 24.3 Å². The van der Waals surface area contributed by atoms with Crippen LogP contribution in [0.25, 0.3) is 0 Å². The number of rotatable bonds is 5. The van der Waals surface area contributed by atoms with E-state index in [1.54, 1.807) is 6.07 Å². The van der Waals surface area contributed by atoms with Crippen molar-refractivity contribution in [3.8, 4) is 0 Å². The number of hydrogen-bond acceptors (Lipinski definition) is 3. The molecule has 104 valence electrons. The molecule has 0 N–H and O–H groups in total. The molecular weight excluding hydrogens is 272 g/mol. The van der Waals surface area contributed by atoms with Crippen molar-refractivity contribution in [2.75, 3.05) is 4.90 Å². The van der Waals surface area contributed by atoms with Crippen LogP contribution >= 0.6 is 11.6 Å². The van der Waals surface area contributed by atoms with Crippen molar-refractivity contribution >= 4 is 23.7 Å². The summed E-state index contributed by atoms with van der Waals surface area (Å²) in [5, 5.41) is 0.246. The van der Waals surface area contributed by atoms with Gasteiger partial charge >= 0.3 is 0 Å². The molecule has 1 aromatic carbocycles. The van der Waals surface area contributed by atoms with Gasteiger partial charge in [-0.15, -0.1) is 0 Å². The van der Waals surface area contributed by atoms with Crippen LogP contribution < -0.4 is 4.90 Å². The Kier molecular flexibility index (Phi) is 4.74. The van der Waals surface area contributed by atoms with Gasteiger partial charge in [0.15, 0.2) is 6.29 Å². The Morgan fingerprint density at radius 1 is 1.20 bits per heavy atom. The minimum absolute atomic E-state index is 0.246. The third-order valence-corrected chi connectivity index (χ3v) is 3.41. The second kappa shape index (κ2) is 6.53. The minimum Gasteiger partial charge on any atom is -0.350 e. The van der Waals surface area contributed by atoms with Crippen molar-refractivity contribution < 1.29 is 4.79 Å². The van der Waals surface area contributed by atoms with Crippen LogP contribution in [-0.2, 0) is 6.54 Å². The molecule has 1 aromatic heterocycles. The van der Waals surface area contributed by atoms with Crippen LogP contribution in [0, 0.1) is 0 Å². The molecule has 0 unspecified atom stereocenters. The summed E-state index contributed by atoms with van der Waals surface area (Å²) in [7, 11) is 0. The molecule has 0 bridgehead atoms. The molecule has 3 nitrogen and oxygen atoms in total. The van der Waals surface area contributed by atoms with Crippen LogP contribution in [0.1, 0.15) is 29.8 Å². The lowest BCUT2D eigenvalue weighted by Crippen LogP contribution is -2.31. The highest BCUT2D eigenvalue weighted by Gasteiger charge is 2.14. The van der Waals surface area contributed by atoms with Gasteiger partial charge in [0, 0.05) is 12.6 Å². The van der Waals surface area contributed by atoms with Crippen molar-refractivity contribution in [3.63, 3.8) is 0 Å². The molecule has 20 heavy (non-hydrogen) atoms. The molecule has 2 aromatic rings. The summed E-state index contributed by atoms with van der Waals surface area (Å²) in [5.74, 6) is 0.777. The van der Waals surface area contributed by atoms with E-state index < -0.39 is 0 Å².